The molecule has 1 saturated heterocycles. The minimum atomic E-state index is 0.00670. The molecule has 2 aliphatic rings. The lowest BCUT2D eigenvalue weighted by Crippen LogP contribution is -2.46. The van der Waals surface area contributed by atoms with E-state index < -0.39 is 0 Å². The number of aliphatic hydroxyl groups is 1. The van der Waals surface area contributed by atoms with Crippen LogP contribution in [0.2, 0.25) is 0 Å². The molecule has 11 heteroatoms. The standard InChI is InChI=1S/C26H34N8O3/c27-16-19-1-6-24-23(15-19)25(29-20-2-4-22(5-3-20)33-7-11-36-12-8-33)32-26(31-24)30-21-17-28-34(18-21)9-13-37-14-10-35/h1,6,15,17-18,20,22,35H,2-5,7-14H2,(H2,29,30,31,32). The lowest BCUT2D eigenvalue weighted by atomic mass is 9.90. The molecule has 2 aromatic heterocycles. The van der Waals surface area contributed by atoms with Crippen molar-refractivity contribution in [3.05, 3.63) is 36.2 Å². The minimum Gasteiger partial charge on any atom is -0.394 e. The van der Waals surface area contributed by atoms with Crippen molar-refractivity contribution in [3.63, 3.8) is 0 Å². The van der Waals surface area contributed by atoms with Crippen LogP contribution in [0.5, 0.6) is 0 Å². The SMILES string of the molecule is N#Cc1ccc2nc(Nc3cnn(CCOCCO)c3)nc(NC3CCC(N4CCOCC4)CC3)c2c1. The number of fused-ring (bicyclic) bond motifs is 1. The van der Waals surface area contributed by atoms with Gasteiger partial charge in [-0.1, -0.05) is 0 Å². The van der Waals surface area contributed by atoms with Crippen LogP contribution < -0.4 is 10.6 Å². The molecule has 196 valence electrons. The van der Waals surface area contributed by atoms with Crippen molar-refractivity contribution < 1.29 is 14.6 Å². The second kappa shape index (κ2) is 12.3. The molecule has 0 bridgehead atoms. The molecular weight excluding hydrogens is 472 g/mol. The van der Waals surface area contributed by atoms with Crippen LogP contribution in [0.3, 0.4) is 0 Å². The van der Waals surface area contributed by atoms with Gasteiger partial charge in [-0.3, -0.25) is 9.58 Å². The fourth-order valence-corrected chi connectivity index (χ4v) is 5.09. The van der Waals surface area contributed by atoms with E-state index in [0.717, 1.165) is 74.4 Å². The predicted molar refractivity (Wildman–Crippen MR) is 140 cm³/mol. The number of rotatable bonds is 10. The van der Waals surface area contributed by atoms with Crippen LogP contribution in [0.15, 0.2) is 30.6 Å². The summed E-state index contributed by atoms with van der Waals surface area (Å²) in [5, 5.41) is 30.4. The number of nitriles is 1. The molecule has 1 aliphatic heterocycles. The molecule has 37 heavy (non-hydrogen) atoms. The first-order valence-corrected chi connectivity index (χ1v) is 13.0. The van der Waals surface area contributed by atoms with Crippen molar-refractivity contribution in [1.29, 1.82) is 5.26 Å². The minimum absolute atomic E-state index is 0.00670. The van der Waals surface area contributed by atoms with Gasteiger partial charge in [0.25, 0.3) is 0 Å². The summed E-state index contributed by atoms with van der Waals surface area (Å²) in [7, 11) is 0. The summed E-state index contributed by atoms with van der Waals surface area (Å²) in [6.07, 6.45) is 8.03. The Labute approximate surface area is 216 Å². The number of hydrogen-bond donors (Lipinski definition) is 3. The molecule has 1 aliphatic carbocycles. The van der Waals surface area contributed by atoms with E-state index in [9.17, 15) is 5.26 Å². The van der Waals surface area contributed by atoms with E-state index in [4.69, 9.17) is 19.6 Å². The zero-order valence-electron chi connectivity index (χ0n) is 21.0. The molecule has 1 saturated carbocycles. The molecule has 0 unspecified atom stereocenters. The van der Waals surface area contributed by atoms with Gasteiger partial charge in [0.2, 0.25) is 5.95 Å². The summed E-state index contributed by atoms with van der Waals surface area (Å²) in [6, 6.07) is 8.66. The third-order valence-electron chi connectivity index (χ3n) is 7.01. The number of hydrogen-bond acceptors (Lipinski definition) is 10. The molecule has 0 radical (unpaired) electrons. The Balaban J connectivity index is 1.29. The van der Waals surface area contributed by atoms with Crippen molar-refractivity contribution in [1.82, 2.24) is 24.6 Å². The zero-order chi connectivity index (χ0) is 25.5. The van der Waals surface area contributed by atoms with E-state index in [1.165, 1.54) is 0 Å². The fourth-order valence-electron chi connectivity index (χ4n) is 5.09. The number of nitrogens with one attached hydrogen (secondary N) is 2. The van der Waals surface area contributed by atoms with Gasteiger partial charge < -0.3 is 25.2 Å². The van der Waals surface area contributed by atoms with Gasteiger partial charge in [0.05, 0.1) is 68.6 Å². The number of morpholine rings is 1. The largest absolute Gasteiger partial charge is 0.394 e. The maximum atomic E-state index is 9.44. The van der Waals surface area contributed by atoms with Crippen LogP contribution in [0.25, 0.3) is 10.9 Å². The highest BCUT2D eigenvalue weighted by Gasteiger charge is 2.27. The number of anilines is 3. The van der Waals surface area contributed by atoms with Crippen LogP contribution in [0, 0.1) is 11.3 Å². The number of aliphatic hydroxyl groups excluding tert-OH is 1. The van der Waals surface area contributed by atoms with Gasteiger partial charge >= 0.3 is 0 Å². The number of benzene rings is 1. The Morgan fingerprint density at radius 3 is 2.76 bits per heavy atom. The molecule has 5 rings (SSSR count). The Hall–Kier alpha value is -3.30. The molecule has 3 heterocycles. The average Bonchev–Trinajstić information content (AvgIpc) is 3.39. The maximum absolute atomic E-state index is 9.44. The number of aromatic nitrogens is 4. The van der Waals surface area contributed by atoms with Gasteiger partial charge in [-0.2, -0.15) is 15.3 Å². The van der Waals surface area contributed by atoms with Gasteiger partial charge in [-0.05, 0) is 43.9 Å². The summed E-state index contributed by atoms with van der Waals surface area (Å²) < 4.78 is 12.6. The Kier molecular flexibility index (Phi) is 8.42. The third-order valence-corrected chi connectivity index (χ3v) is 7.01. The van der Waals surface area contributed by atoms with Crippen LogP contribution in [0.4, 0.5) is 17.5 Å². The summed E-state index contributed by atoms with van der Waals surface area (Å²) in [5.41, 5.74) is 2.12. The first-order valence-electron chi connectivity index (χ1n) is 13.0. The van der Waals surface area contributed by atoms with Crippen molar-refractivity contribution >= 4 is 28.4 Å². The smallest absolute Gasteiger partial charge is 0.229 e. The first-order chi connectivity index (χ1) is 18.2. The first kappa shape index (κ1) is 25.4. The molecule has 0 amide bonds. The molecule has 2 fully saturated rings. The molecule has 0 spiro atoms. The van der Waals surface area contributed by atoms with E-state index in [0.29, 0.717) is 43.4 Å². The monoisotopic (exact) mass is 506 g/mol. The van der Waals surface area contributed by atoms with Gasteiger partial charge in [0, 0.05) is 36.8 Å². The predicted octanol–water partition coefficient (Wildman–Crippen LogP) is 2.51. The average molecular weight is 507 g/mol. The molecule has 3 N–H and O–H groups in total. The maximum Gasteiger partial charge on any atom is 0.229 e. The highest BCUT2D eigenvalue weighted by molar-refractivity contribution is 5.91. The topological polar surface area (TPSA) is 133 Å². The van der Waals surface area contributed by atoms with Crippen molar-refractivity contribution in [3.8, 4) is 6.07 Å². The zero-order valence-corrected chi connectivity index (χ0v) is 21.0. The van der Waals surface area contributed by atoms with Crippen molar-refractivity contribution in [2.45, 2.75) is 44.3 Å². The Bertz CT molecular complexity index is 1210. The van der Waals surface area contributed by atoms with E-state index in [-0.39, 0.29) is 6.61 Å². The second-order valence-corrected chi connectivity index (χ2v) is 9.49. The normalized spacial score (nSPS) is 20.5. The fraction of sp³-hybridized carbons (Fsp3) is 0.538. The molecule has 1 aromatic carbocycles. The van der Waals surface area contributed by atoms with E-state index in [2.05, 4.69) is 31.7 Å². The van der Waals surface area contributed by atoms with Gasteiger partial charge in [-0.15, -0.1) is 0 Å². The van der Waals surface area contributed by atoms with E-state index >= 15 is 0 Å². The van der Waals surface area contributed by atoms with Gasteiger partial charge in [0.15, 0.2) is 0 Å². The van der Waals surface area contributed by atoms with E-state index in [1.807, 2.05) is 18.3 Å². The highest BCUT2D eigenvalue weighted by atomic mass is 16.5. The van der Waals surface area contributed by atoms with Crippen LogP contribution in [-0.2, 0) is 16.0 Å². The molecule has 11 nitrogen and oxygen atoms in total. The van der Waals surface area contributed by atoms with Crippen molar-refractivity contribution in [2.75, 3.05) is 56.8 Å². The summed E-state index contributed by atoms with van der Waals surface area (Å²) >= 11 is 0. The van der Waals surface area contributed by atoms with Crippen LogP contribution in [0.1, 0.15) is 31.2 Å². The second-order valence-electron chi connectivity index (χ2n) is 9.49. The summed E-state index contributed by atoms with van der Waals surface area (Å²) in [5.74, 6) is 1.21. The molecule has 0 atom stereocenters. The van der Waals surface area contributed by atoms with Crippen LogP contribution in [-0.4, -0.2) is 88.0 Å². The van der Waals surface area contributed by atoms with Gasteiger partial charge in [-0.25, -0.2) is 4.98 Å². The summed E-state index contributed by atoms with van der Waals surface area (Å²) in [4.78, 5) is 12.1. The Morgan fingerprint density at radius 2 is 1.97 bits per heavy atom. The third kappa shape index (κ3) is 6.53. The lowest BCUT2D eigenvalue weighted by Gasteiger charge is -2.39. The quantitative estimate of drug-likeness (QED) is 0.352. The molecule has 3 aromatic rings. The number of nitrogens with zero attached hydrogens (tertiary/aromatic N) is 6. The Morgan fingerprint density at radius 1 is 1.14 bits per heavy atom. The van der Waals surface area contributed by atoms with Crippen molar-refractivity contribution in [2.24, 2.45) is 0 Å². The lowest BCUT2D eigenvalue weighted by molar-refractivity contribution is 0.00791. The molecular formula is C26H34N8O3. The highest BCUT2D eigenvalue weighted by Crippen LogP contribution is 2.30. The van der Waals surface area contributed by atoms with Crippen LogP contribution >= 0.6 is 0 Å². The van der Waals surface area contributed by atoms with E-state index in [1.54, 1.807) is 16.9 Å². The van der Waals surface area contributed by atoms with Gasteiger partial charge in [0.1, 0.15) is 5.82 Å². The number of ether oxygens (including phenoxy) is 2. The summed E-state index contributed by atoms with van der Waals surface area (Å²) in [6.45, 7) is 5.09.